The molecule has 36 heavy (non-hydrogen) atoms. The quantitative estimate of drug-likeness (QED) is 0.310. The molecule has 186 valence electrons. The number of ether oxygens (including phenoxy) is 1. The number of benzene rings is 2. The van der Waals surface area contributed by atoms with Gasteiger partial charge in [0.2, 0.25) is 0 Å². The third-order valence-corrected chi connectivity index (χ3v) is 6.36. The van der Waals surface area contributed by atoms with Gasteiger partial charge in [0.05, 0.1) is 6.33 Å². The van der Waals surface area contributed by atoms with Gasteiger partial charge in [-0.25, -0.2) is 15.0 Å². The van der Waals surface area contributed by atoms with Gasteiger partial charge in [-0.1, -0.05) is 61.5 Å². The number of anilines is 1. The molecule has 3 heterocycles. The van der Waals surface area contributed by atoms with E-state index in [4.69, 9.17) is 14.7 Å². The van der Waals surface area contributed by atoms with E-state index in [9.17, 15) is 15.0 Å². The Labute approximate surface area is 208 Å². The predicted octanol–water partition coefficient (Wildman–Crippen LogP) is 2.03. The standard InChI is InChI=1S/C26H28N6O4/c1-3-15-9-11-17(12-10-15)22-30-23(28-13-16-7-5-4-6-8-16)18-24(31-22)32(14-29-18)26-20(34)19(33)21(36-26)25(35)27-2/h4-12,14,19-21,26,33-34H,3,13H2,1-2H3,(H,27,35)(H,28,30,31)/t19?,20?,21-,26?/m1/s1. The molecule has 0 spiro atoms. The van der Waals surface area contributed by atoms with Gasteiger partial charge in [-0.15, -0.1) is 0 Å². The summed E-state index contributed by atoms with van der Waals surface area (Å²) in [5.74, 6) is 0.469. The van der Waals surface area contributed by atoms with Crippen molar-refractivity contribution in [2.24, 2.45) is 0 Å². The van der Waals surface area contributed by atoms with E-state index in [2.05, 4.69) is 22.5 Å². The lowest BCUT2D eigenvalue weighted by atomic mass is 10.1. The van der Waals surface area contributed by atoms with Crippen molar-refractivity contribution in [3.8, 4) is 11.4 Å². The van der Waals surface area contributed by atoms with Gasteiger partial charge >= 0.3 is 0 Å². The monoisotopic (exact) mass is 488 g/mol. The lowest BCUT2D eigenvalue weighted by molar-refractivity contribution is -0.137. The van der Waals surface area contributed by atoms with Crippen LogP contribution in [-0.4, -0.2) is 61.0 Å². The summed E-state index contributed by atoms with van der Waals surface area (Å²) in [6, 6.07) is 17.9. The largest absolute Gasteiger partial charge is 0.387 e. The van der Waals surface area contributed by atoms with Crippen molar-refractivity contribution in [3.63, 3.8) is 0 Å². The molecule has 1 aliphatic rings. The molecule has 0 saturated carbocycles. The topological polar surface area (TPSA) is 134 Å². The second-order valence-electron chi connectivity index (χ2n) is 8.65. The highest BCUT2D eigenvalue weighted by molar-refractivity contribution is 5.85. The Morgan fingerprint density at radius 2 is 1.78 bits per heavy atom. The van der Waals surface area contributed by atoms with E-state index >= 15 is 0 Å². The first kappa shape index (κ1) is 23.9. The van der Waals surface area contributed by atoms with E-state index in [1.807, 2.05) is 54.6 Å². The van der Waals surface area contributed by atoms with Crippen LogP contribution in [0.5, 0.6) is 0 Å². The number of aliphatic hydroxyl groups excluding tert-OH is 2. The van der Waals surface area contributed by atoms with E-state index in [1.54, 1.807) is 0 Å². The number of hydrogen-bond donors (Lipinski definition) is 4. The molecule has 4 N–H and O–H groups in total. The highest BCUT2D eigenvalue weighted by atomic mass is 16.6. The van der Waals surface area contributed by atoms with Crippen molar-refractivity contribution < 1.29 is 19.7 Å². The summed E-state index contributed by atoms with van der Waals surface area (Å²) in [4.78, 5) is 26.1. The molecule has 1 aliphatic heterocycles. The zero-order valence-electron chi connectivity index (χ0n) is 20.0. The van der Waals surface area contributed by atoms with Crippen molar-refractivity contribution in [3.05, 3.63) is 72.1 Å². The minimum absolute atomic E-state index is 0.406. The van der Waals surface area contributed by atoms with Gasteiger partial charge in [0.15, 0.2) is 35.1 Å². The number of aryl methyl sites for hydroxylation is 1. The van der Waals surface area contributed by atoms with E-state index in [1.165, 1.54) is 23.5 Å². The highest BCUT2D eigenvalue weighted by Gasteiger charge is 2.47. The molecule has 2 aromatic carbocycles. The summed E-state index contributed by atoms with van der Waals surface area (Å²) in [5, 5.41) is 26.9. The number of amides is 1. The molecular formula is C26H28N6O4. The Balaban J connectivity index is 1.57. The van der Waals surface area contributed by atoms with E-state index in [0.717, 1.165) is 17.5 Å². The van der Waals surface area contributed by atoms with Gasteiger partial charge in [-0.3, -0.25) is 9.36 Å². The maximum atomic E-state index is 12.1. The lowest BCUT2D eigenvalue weighted by Gasteiger charge is -2.17. The minimum Gasteiger partial charge on any atom is -0.387 e. The normalized spacial score (nSPS) is 21.6. The summed E-state index contributed by atoms with van der Waals surface area (Å²) in [6.45, 7) is 2.61. The number of fused-ring (bicyclic) bond motifs is 1. The fourth-order valence-corrected chi connectivity index (χ4v) is 4.27. The molecular weight excluding hydrogens is 460 g/mol. The molecule has 4 aromatic rings. The number of rotatable bonds is 7. The van der Waals surface area contributed by atoms with Crippen LogP contribution in [0.25, 0.3) is 22.6 Å². The SMILES string of the molecule is CCc1ccc(-c2nc(NCc3ccccc3)c3ncn(C4O[C@@H](C(=O)NC)C(O)C4O)c3n2)cc1. The van der Waals surface area contributed by atoms with Crippen molar-refractivity contribution in [1.82, 2.24) is 24.8 Å². The van der Waals surface area contributed by atoms with Gasteiger partial charge in [0.1, 0.15) is 12.2 Å². The van der Waals surface area contributed by atoms with Crippen LogP contribution >= 0.6 is 0 Å². The summed E-state index contributed by atoms with van der Waals surface area (Å²) >= 11 is 0. The van der Waals surface area contributed by atoms with Crippen LogP contribution in [0.15, 0.2) is 60.9 Å². The Morgan fingerprint density at radius 3 is 2.47 bits per heavy atom. The average Bonchev–Trinajstić information content (AvgIpc) is 3.48. The molecule has 3 unspecified atom stereocenters. The van der Waals surface area contributed by atoms with Gasteiger partial charge in [0.25, 0.3) is 5.91 Å². The smallest absolute Gasteiger partial charge is 0.251 e. The summed E-state index contributed by atoms with van der Waals surface area (Å²) in [7, 11) is 1.44. The van der Waals surface area contributed by atoms with Crippen LogP contribution < -0.4 is 10.6 Å². The van der Waals surface area contributed by atoms with Crippen molar-refractivity contribution in [2.75, 3.05) is 12.4 Å². The third-order valence-electron chi connectivity index (χ3n) is 6.36. The van der Waals surface area contributed by atoms with Crippen LogP contribution in [0.3, 0.4) is 0 Å². The molecule has 2 aromatic heterocycles. The van der Waals surface area contributed by atoms with E-state index in [-0.39, 0.29) is 0 Å². The Morgan fingerprint density at radius 1 is 1.03 bits per heavy atom. The molecule has 1 saturated heterocycles. The molecule has 0 radical (unpaired) electrons. The first-order valence-corrected chi connectivity index (χ1v) is 11.8. The number of nitrogens with zero attached hydrogens (tertiary/aromatic N) is 4. The van der Waals surface area contributed by atoms with E-state index < -0.39 is 30.4 Å². The Kier molecular flexibility index (Phi) is 6.64. The lowest BCUT2D eigenvalue weighted by Crippen LogP contribution is -2.41. The first-order chi connectivity index (χ1) is 17.5. The number of imidazole rings is 1. The molecule has 5 rings (SSSR count). The summed E-state index contributed by atoms with van der Waals surface area (Å²) in [6.07, 6.45) is -2.63. The first-order valence-electron chi connectivity index (χ1n) is 11.8. The van der Waals surface area contributed by atoms with Crippen LogP contribution in [0.1, 0.15) is 24.3 Å². The van der Waals surface area contributed by atoms with E-state index in [0.29, 0.717) is 29.4 Å². The number of aliphatic hydroxyl groups is 2. The molecule has 10 heteroatoms. The third kappa shape index (κ3) is 4.41. The Bertz CT molecular complexity index is 1360. The molecule has 0 bridgehead atoms. The van der Waals surface area contributed by atoms with Crippen molar-refractivity contribution in [2.45, 2.75) is 44.4 Å². The zero-order chi connectivity index (χ0) is 25.2. The predicted molar refractivity (Wildman–Crippen MR) is 134 cm³/mol. The number of nitrogens with one attached hydrogen (secondary N) is 2. The molecule has 1 fully saturated rings. The number of carbonyl (C=O) groups excluding carboxylic acids is 1. The fourth-order valence-electron chi connectivity index (χ4n) is 4.27. The number of hydrogen-bond acceptors (Lipinski definition) is 8. The fraction of sp³-hybridized carbons (Fsp3) is 0.308. The van der Waals surface area contributed by atoms with Crippen molar-refractivity contribution in [1.29, 1.82) is 0 Å². The van der Waals surface area contributed by atoms with Crippen LogP contribution in [-0.2, 0) is 22.5 Å². The summed E-state index contributed by atoms with van der Waals surface area (Å²) in [5.41, 5.74) is 3.98. The average molecular weight is 489 g/mol. The highest BCUT2D eigenvalue weighted by Crippen LogP contribution is 2.33. The summed E-state index contributed by atoms with van der Waals surface area (Å²) < 4.78 is 7.30. The van der Waals surface area contributed by atoms with Gasteiger partial charge in [0, 0.05) is 19.2 Å². The van der Waals surface area contributed by atoms with Crippen LogP contribution in [0, 0.1) is 0 Å². The second kappa shape index (κ2) is 10.0. The molecule has 4 atom stereocenters. The van der Waals surface area contributed by atoms with Crippen LogP contribution in [0.4, 0.5) is 5.82 Å². The zero-order valence-corrected chi connectivity index (χ0v) is 20.0. The maximum absolute atomic E-state index is 12.1. The second-order valence-corrected chi connectivity index (χ2v) is 8.65. The number of likely N-dealkylation sites (N-methyl/N-ethyl adjacent to an activating group) is 1. The van der Waals surface area contributed by atoms with Gasteiger partial charge in [-0.05, 0) is 17.5 Å². The van der Waals surface area contributed by atoms with Gasteiger partial charge < -0.3 is 25.6 Å². The Hall–Kier alpha value is -3.86. The van der Waals surface area contributed by atoms with Crippen LogP contribution in [0.2, 0.25) is 0 Å². The number of carbonyl (C=O) groups is 1. The van der Waals surface area contributed by atoms with Crippen molar-refractivity contribution >= 4 is 22.9 Å². The molecule has 1 amide bonds. The molecule has 10 nitrogen and oxygen atoms in total. The van der Waals surface area contributed by atoms with Gasteiger partial charge in [-0.2, -0.15) is 0 Å². The minimum atomic E-state index is -1.40. The molecule has 0 aliphatic carbocycles. The number of aromatic nitrogens is 4. The maximum Gasteiger partial charge on any atom is 0.251 e.